The number of carbonyl (C=O) groups excluding carboxylic acids is 2. The van der Waals surface area contributed by atoms with Crippen LogP contribution in [0.15, 0.2) is 11.4 Å². The zero-order chi connectivity index (χ0) is 14.3. The molecule has 0 amide bonds. The Hall–Kier alpha value is -1.76. The van der Waals surface area contributed by atoms with E-state index in [2.05, 4.69) is 5.32 Å². The second kappa shape index (κ2) is 7.63. The highest BCUT2D eigenvalue weighted by atomic mass is 16.6. The van der Waals surface area contributed by atoms with Crippen LogP contribution in [0.5, 0.6) is 0 Å². The molecule has 1 aliphatic rings. The molecule has 0 unspecified atom stereocenters. The van der Waals surface area contributed by atoms with E-state index in [1.54, 1.807) is 18.7 Å². The molecule has 1 fully saturated rings. The van der Waals surface area contributed by atoms with Crippen molar-refractivity contribution in [1.82, 2.24) is 10.2 Å². The molecule has 19 heavy (non-hydrogen) atoms. The maximum Gasteiger partial charge on any atom is 0.349 e. The fourth-order valence-electron chi connectivity index (χ4n) is 1.81. The minimum atomic E-state index is -0.715. The summed E-state index contributed by atoms with van der Waals surface area (Å²) in [4.78, 5) is 25.5. The molecule has 0 spiro atoms. The molecule has 0 aromatic heterocycles. The van der Waals surface area contributed by atoms with E-state index in [-0.39, 0.29) is 25.4 Å². The lowest BCUT2D eigenvalue weighted by molar-refractivity contribution is -0.146. The summed E-state index contributed by atoms with van der Waals surface area (Å²) >= 11 is 0. The molecule has 2 N–H and O–H groups in total. The lowest BCUT2D eigenvalue weighted by Crippen LogP contribution is -2.31. The van der Waals surface area contributed by atoms with E-state index in [0.717, 1.165) is 0 Å². The van der Waals surface area contributed by atoms with Crippen molar-refractivity contribution in [2.24, 2.45) is 0 Å². The lowest BCUT2D eigenvalue weighted by atomic mass is 10.2. The van der Waals surface area contributed by atoms with Crippen LogP contribution >= 0.6 is 0 Å². The minimum Gasteiger partial charge on any atom is -0.462 e. The third kappa shape index (κ3) is 3.85. The Bertz CT molecular complexity index is 347. The Morgan fingerprint density at radius 2 is 1.84 bits per heavy atom. The van der Waals surface area contributed by atoms with Crippen LogP contribution in [0.1, 0.15) is 13.8 Å². The summed E-state index contributed by atoms with van der Waals surface area (Å²) in [5.74, 6) is -1.06. The van der Waals surface area contributed by atoms with Crippen LogP contribution in [0.25, 0.3) is 0 Å². The normalized spacial score (nSPS) is 14.1. The average Bonchev–Trinajstić information content (AvgIpc) is 2.79. The summed E-state index contributed by atoms with van der Waals surface area (Å²) < 4.78 is 9.77. The van der Waals surface area contributed by atoms with E-state index in [9.17, 15) is 9.59 Å². The van der Waals surface area contributed by atoms with Gasteiger partial charge in [-0.1, -0.05) is 0 Å². The molecule has 7 nitrogen and oxygen atoms in total. The van der Waals surface area contributed by atoms with E-state index in [1.165, 1.54) is 0 Å². The second-order valence-electron chi connectivity index (χ2n) is 3.80. The van der Waals surface area contributed by atoms with Gasteiger partial charge in [0.15, 0.2) is 5.57 Å². The molecule has 0 aromatic rings. The number of hydrogen-bond acceptors (Lipinski definition) is 7. The molecule has 1 aliphatic heterocycles. The SMILES string of the molecule is CCOC(=O)C(C(=O)OCC)=C1NCCN1CCO. The average molecular weight is 272 g/mol. The van der Waals surface area contributed by atoms with Gasteiger partial charge >= 0.3 is 11.9 Å². The van der Waals surface area contributed by atoms with Gasteiger partial charge in [0.1, 0.15) is 5.82 Å². The molecule has 108 valence electrons. The molecule has 7 heteroatoms. The zero-order valence-corrected chi connectivity index (χ0v) is 11.3. The molecule has 0 aliphatic carbocycles. The fourth-order valence-corrected chi connectivity index (χ4v) is 1.81. The van der Waals surface area contributed by atoms with Crippen LogP contribution < -0.4 is 5.32 Å². The fraction of sp³-hybridized carbons (Fsp3) is 0.667. The number of nitrogens with zero attached hydrogens (tertiary/aromatic N) is 1. The number of β-amino-alcohol motifs (C(OH)–C–C–N with tert-alkyl or cyclic N) is 1. The molecule has 0 saturated carbocycles. The van der Waals surface area contributed by atoms with Crippen molar-refractivity contribution < 1.29 is 24.2 Å². The quantitative estimate of drug-likeness (QED) is 0.284. The van der Waals surface area contributed by atoms with E-state index < -0.39 is 11.9 Å². The number of aliphatic hydroxyl groups excluding tert-OH is 1. The van der Waals surface area contributed by atoms with Gasteiger partial charge in [-0.05, 0) is 13.8 Å². The van der Waals surface area contributed by atoms with Crippen molar-refractivity contribution >= 4 is 11.9 Å². The van der Waals surface area contributed by atoms with Crippen LogP contribution in [0.3, 0.4) is 0 Å². The standard InChI is InChI=1S/C12H20N2O5/c1-3-18-11(16)9(12(17)19-4-2)10-13-5-6-14(10)7-8-15/h13,15H,3-8H2,1-2H3. The van der Waals surface area contributed by atoms with Gasteiger partial charge in [0.2, 0.25) is 0 Å². The molecule has 0 atom stereocenters. The Morgan fingerprint density at radius 1 is 1.26 bits per heavy atom. The third-order valence-corrected chi connectivity index (χ3v) is 2.56. The predicted molar refractivity (Wildman–Crippen MR) is 67.0 cm³/mol. The first-order valence-electron chi connectivity index (χ1n) is 6.33. The maximum absolute atomic E-state index is 11.9. The number of hydrogen-bond donors (Lipinski definition) is 2. The van der Waals surface area contributed by atoms with E-state index in [1.807, 2.05) is 0 Å². The summed E-state index contributed by atoms with van der Waals surface area (Å²) in [5.41, 5.74) is -0.144. The number of rotatable bonds is 6. The Morgan fingerprint density at radius 3 is 2.32 bits per heavy atom. The zero-order valence-electron chi connectivity index (χ0n) is 11.3. The largest absolute Gasteiger partial charge is 0.462 e. The van der Waals surface area contributed by atoms with Gasteiger partial charge in [-0.2, -0.15) is 0 Å². The van der Waals surface area contributed by atoms with Gasteiger partial charge < -0.3 is 24.8 Å². The summed E-state index contributed by atoms with van der Waals surface area (Å²) in [6, 6.07) is 0. The van der Waals surface area contributed by atoms with Crippen LogP contribution in [0, 0.1) is 0 Å². The first-order valence-corrected chi connectivity index (χ1v) is 6.33. The van der Waals surface area contributed by atoms with Crippen LogP contribution in [-0.2, 0) is 19.1 Å². The van der Waals surface area contributed by atoms with Gasteiger partial charge in [-0.25, -0.2) is 9.59 Å². The van der Waals surface area contributed by atoms with Crippen molar-refractivity contribution in [3.05, 3.63) is 11.4 Å². The Labute approximate surface area is 112 Å². The van der Waals surface area contributed by atoms with Crippen LogP contribution in [-0.4, -0.2) is 61.4 Å². The summed E-state index contributed by atoms with van der Waals surface area (Å²) in [6.45, 7) is 5.16. The number of aliphatic hydroxyl groups is 1. The third-order valence-electron chi connectivity index (χ3n) is 2.56. The molecule has 1 rings (SSSR count). The lowest BCUT2D eigenvalue weighted by Gasteiger charge is -2.19. The molecular formula is C12H20N2O5. The second-order valence-corrected chi connectivity index (χ2v) is 3.80. The number of carbonyl (C=O) groups is 2. The smallest absolute Gasteiger partial charge is 0.349 e. The molecule has 0 aromatic carbocycles. The van der Waals surface area contributed by atoms with Crippen LogP contribution in [0.4, 0.5) is 0 Å². The Balaban J connectivity index is 3.05. The van der Waals surface area contributed by atoms with Gasteiger partial charge in [0.25, 0.3) is 0 Å². The first-order chi connectivity index (χ1) is 9.15. The summed E-state index contributed by atoms with van der Waals surface area (Å²) in [6.07, 6.45) is 0. The molecule has 1 heterocycles. The predicted octanol–water partition coefficient (Wildman–Crippen LogP) is -0.778. The van der Waals surface area contributed by atoms with E-state index in [0.29, 0.717) is 25.5 Å². The van der Waals surface area contributed by atoms with Crippen molar-refractivity contribution in [3.63, 3.8) is 0 Å². The monoisotopic (exact) mass is 272 g/mol. The maximum atomic E-state index is 11.9. The van der Waals surface area contributed by atoms with E-state index in [4.69, 9.17) is 14.6 Å². The van der Waals surface area contributed by atoms with Gasteiger partial charge in [-0.3, -0.25) is 0 Å². The van der Waals surface area contributed by atoms with Crippen molar-refractivity contribution in [2.45, 2.75) is 13.8 Å². The Kier molecular flexibility index (Phi) is 6.14. The highest BCUT2D eigenvalue weighted by Gasteiger charge is 2.31. The molecule has 1 saturated heterocycles. The highest BCUT2D eigenvalue weighted by molar-refractivity contribution is 6.14. The topological polar surface area (TPSA) is 88.1 Å². The highest BCUT2D eigenvalue weighted by Crippen LogP contribution is 2.15. The van der Waals surface area contributed by atoms with Crippen LogP contribution in [0.2, 0.25) is 0 Å². The van der Waals surface area contributed by atoms with Gasteiger partial charge in [0, 0.05) is 19.6 Å². The summed E-state index contributed by atoms with van der Waals surface area (Å²) in [7, 11) is 0. The van der Waals surface area contributed by atoms with Gasteiger partial charge in [-0.15, -0.1) is 0 Å². The molecule has 0 bridgehead atoms. The minimum absolute atomic E-state index is 0.0654. The number of nitrogens with one attached hydrogen (secondary N) is 1. The van der Waals surface area contributed by atoms with Crippen molar-refractivity contribution in [2.75, 3.05) is 39.5 Å². The number of esters is 2. The molecule has 0 radical (unpaired) electrons. The number of ether oxygens (including phenoxy) is 2. The molecular weight excluding hydrogens is 252 g/mol. The van der Waals surface area contributed by atoms with Crippen molar-refractivity contribution in [3.8, 4) is 0 Å². The van der Waals surface area contributed by atoms with Crippen molar-refractivity contribution in [1.29, 1.82) is 0 Å². The van der Waals surface area contributed by atoms with E-state index >= 15 is 0 Å². The summed E-state index contributed by atoms with van der Waals surface area (Å²) in [5, 5.41) is 11.9. The van der Waals surface area contributed by atoms with Gasteiger partial charge in [0.05, 0.1) is 19.8 Å². The first kappa shape index (κ1) is 15.3.